The van der Waals surface area contributed by atoms with Gasteiger partial charge in [0.2, 0.25) is 0 Å². The fraction of sp³-hybridized carbons (Fsp3) is 0.0741. The molecule has 4 heteroatoms. The van der Waals surface area contributed by atoms with Gasteiger partial charge in [-0.1, -0.05) is 36.4 Å². The van der Waals surface area contributed by atoms with E-state index >= 15 is 0 Å². The molecule has 0 fully saturated rings. The molecule has 0 bridgehead atoms. The first-order valence-corrected chi connectivity index (χ1v) is 10.6. The van der Waals surface area contributed by atoms with Crippen molar-refractivity contribution in [3.63, 3.8) is 0 Å². The second-order valence-corrected chi connectivity index (χ2v) is 8.50. The quantitative estimate of drug-likeness (QED) is 0.315. The molecule has 4 aromatic heterocycles. The monoisotopic (exact) mass is 396 g/mol. The third-order valence-corrected chi connectivity index (χ3v) is 6.98. The molecule has 0 unspecified atom stereocenters. The number of rotatable bonds is 0. The molecule has 4 nitrogen and oxygen atoms in total. The van der Waals surface area contributed by atoms with Gasteiger partial charge in [-0.15, -0.1) is 0 Å². The largest absolute Gasteiger partial charge is 0.293 e. The van der Waals surface area contributed by atoms with Gasteiger partial charge in [0.25, 0.3) is 0 Å². The summed E-state index contributed by atoms with van der Waals surface area (Å²) in [6.45, 7) is 0. The number of imidazole rings is 1. The Morgan fingerprint density at radius 3 is 2.74 bits per heavy atom. The highest BCUT2D eigenvalue weighted by Gasteiger charge is 2.32. The maximum atomic E-state index is 5.19. The summed E-state index contributed by atoms with van der Waals surface area (Å²) in [4.78, 5) is 14.3. The Kier molecular flexibility index (Phi) is 2.72. The molecule has 8 rings (SSSR count). The Balaban J connectivity index is 1.50. The van der Waals surface area contributed by atoms with E-state index in [1.165, 1.54) is 39.1 Å². The van der Waals surface area contributed by atoms with Gasteiger partial charge in [0.15, 0.2) is 0 Å². The minimum absolute atomic E-state index is 0.888. The van der Waals surface area contributed by atoms with E-state index in [1.54, 1.807) is 0 Å². The number of hydrogen-bond acceptors (Lipinski definition) is 3. The zero-order valence-electron chi connectivity index (χ0n) is 16.6. The van der Waals surface area contributed by atoms with Gasteiger partial charge in [-0.25, -0.2) is 4.98 Å². The molecule has 0 aliphatic heterocycles. The average molecular weight is 396 g/mol. The molecule has 2 aliphatic carbocycles. The summed E-state index contributed by atoms with van der Waals surface area (Å²) in [6, 6.07) is 19.6. The van der Waals surface area contributed by atoms with Crippen molar-refractivity contribution in [2.75, 3.05) is 0 Å². The standard InChI is InChI=1S/C27H16N4/c1-2-5-17-15(4-1)12-16-7-8-18-21(24(16)17)13-22-26(18)30-27-20-6-3-10-29-25(20)19-9-11-28-14-23(19)31(22)27/h1-11,14H,12-13H2. The average Bonchev–Trinajstić information content (AvgIpc) is 3.48. The van der Waals surface area contributed by atoms with Gasteiger partial charge >= 0.3 is 0 Å². The topological polar surface area (TPSA) is 43.1 Å². The van der Waals surface area contributed by atoms with Crippen LogP contribution in [0.3, 0.4) is 0 Å². The molecule has 0 saturated carbocycles. The van der Waals surface area contributed by atoms with Crippen LogP contribution in [0.2, 0.25) is 0 Å². The molecular formula is C27H16N4. The van der Waals surface area contributed by atoms with E-state index in [4.69, 9.17) is 4.98 Å². The minimum Gasteiger partial charge on any atom is -0.293 e. The zero-order chi connectivity index (χ0) is 20.1. The second kappa shape index (κ2) is 5.35. The van der Waals surface area contributed by atoms with Crippen LogP contribution in [-0.4, -0.2) is 19.4 Å². The number of benzene rings is 2. The van der Waals surface area contributed by atoms with Gasteiger partial charge in [-0.2, -0.15) is 0 Å². The normalized spacial score (nSPS) is 13.5. The highest BCUT2D eigenvalue weighted by molar-refractivity contribution is 6.10. The van der Waals surface area contributed by atoms with Crippen molar-refractivity contribution < 1.29 is 0 Å². The first kappa shape index (κ1) is 15.7. The number of fused-ring (bicyclic) bond motifs is 14. The van der Waals surface area contributed by atoms with Crippen LogP contribution in [0.1, 0.15) is 22.4 Å². The lowest BCUT2D eigenvalue weighted by molar-refractivity contribution is 1.09. The van der Waals surface area contributed by atoms with Crippen molar-refractivity contribution in [2.24, 2.45) is 0 Å². The van der Waals surface area contributed by atoms with Crippen LogP contribution in [0.5, 0.6) is 0 Å². The van der Waals surface area contributed by atoms with Gasteiger partial charge < -0.3 is 0 Å². The summed E-state index contributed by atoms with van der Waals surface area (Å²) in [5.74, 6) is 0. The van der Waals surface area contributed by atoms with Crippen molar-refractivity contribution >= 4 is 27.5 Å². The summed E-state index contributed by atoms with van der Waals surface area (Å²) in [7, 11) is 0. The summed E-state index contributed by atoms with van der Waals surface area (Å²) in [6.07, 6.45) is 7.55. The fourth-order valence-corrected chi connectivity index (χ4v) is 5.71. The van der Waals surface area contributed by atoms with Gasteiger partial charge in [0.05, 0.1) is 28.6 Å². The smallest absolute Gasteiger partial charge is 0.147 e. The van der Waals surface area contributed by atoms with Crippen molar-refractivity contribution in [3.8, 4) is 22.4 Å². The molecule has 144 valence electrons. The highest BCUT2D eigenvalue weighted by Crippen LogP contribution is 2.48. The fourth-order valence-electron chi connectivity index (χ4n) is 5.71. The third kappa shape index (κ3) is 1.84. The molecule has 2 aromatic carbocycles. The van der Waals surface area contributed by atoms with E-state index in [1.807, 2.05) is 24.7 Å². The molecular weight excluding hydrogens is 380 g/mol. The molecule has 4 heterocycles. The summed E-state index contributed by atoms with van der Waals surface area (Å²) < 4.78 is 2.31. The first-order chi connectivity index (χ1) is 15.4. The van der Waals surface area contributed by atoms with Gasteiger partial charge in [0, 0.05) is 35.2 Å². The Hall–Kier alpha value is -4.05. The number of nitrogens with zero attached hydrogens (tertiary/aromatic N) is 4. The van der Waals surface area contributed by atoms with E-state index in [0.717, 1.165) is 46.0 Å². The molecule has 0 radical (unpaired) electrons. The molecule has 0 atom stereocenters. The summed E-state index contributed by atoms with van der Waals surface area (Å²) >= 11 is 0. The number of pyridine rings is 3. The Labute approximate surface area is 177 Å². The van der Waals surface area contributed by atoms with Crippen LogP contribution in [0.15, 0.2) is 73.2 Å². The molecule has 0 amide bonds. The van der Waals surface area contributed by atoms with E-state index < -0.39 is 0 Å². The predicted octanol–water partition coefficient (Wildman–Crippen LogP) is 5.57. The Morgan fingerprint density at radius 2 is 1.74 bits per heavy atom. The summed E-state index contributed by atoms with van der Waals surface area (Å²) in [5, 5.41) is 2.20. The first-order valence-electron chi connectivity index (χ1n) is 10.6. The van der Waals surface area contributed by atoms with Crippen LogP contribution in [0.25, 0.3) is 49.8 Å². The van der Waals surface area contributed by atoms with E-state index in [9.17, 15) is 0 Å². The van der Waals surface area contributed by atoms with Gasteiger partial charge in [0.1, 0.15) is 5.65 Å². The molecule has 0 spiro atoms. The van der Waals surface area contributed by atoms with Crippen LogP contribution in [0, 0.1) is 0 Å². The SMILES string of the molecule is c1ccc2c(c1)Cc1ccc3c(c1-2)Cc1c-3nc2c3cccnc3c3ccncc3n12. The molecule has 0 saturated heterocycles. The number of aromatic nitrogens is 4. The molecule has 6 aromatic rings. The third-order valence-electron chi connectivity index (χ3n) is 6.98. The zero-order valence-corrected chi connectivity index (χ0v) is 16.6. The van der Waals surface area contributed by atoms with Crippen molar-refractivity contribution in [1.82, 2.24) is 19.4 Å². The van der Waals surface area contributed by atoms with E-state index in [2.05, 4.69) is 62.9 Å². The lowest BCUT2D eigenvalue weighted by Gasteiger charge is -2.11. The minimum atomic E-state index is 0.888. The van der Waals surface area contributed by atoms with Gasteiger partial charge in [-0.3, -0.25) is 14.4 Å². The van der Waals surface area contributed by atoms with Crippen LogP contribution in [-0.2, 0) is 12.8 Å². The molecule has 0 N–H and O–H groups in total. The highest BCUT2D eigenvalue weighted by atomic mass is 15.0. The predicted molar refractivity (Wildman–Crippen MR) is 122 cm³/mol. The van der Waals surface area contributed by atoms with Gasteiger partial charge in [-0.05, 0) is 52.4 Å². The molecule has 31 heavy (non-hydrogen) atoms. The second-order valence-electron chi connectivity index (χ2n) is 8.50. The maximum Gasteiger partial charge on any atom is 0.147 e. The van der Waals surface area contributed by atoms with Crippen LogP contribution >= 0.6 is 0 Å². The van der Waals surface area contributed by atoms with E-state index in [-0.39, 0.29) is 0 Å². The molecule has 2 aliphatic rings. The van der Waals surface area contributed by atoms with E-state index in [0.29, 0.717) is 0 Å². The number of hydrogen-bond donors (Lipinski definition) is 0. The summed E-state index contributed by atoms with van der Waals surface area (Å²) in [5.41, 5.74) is 13.7. The lowest BCUT2D eigenvalue weighted by Crippen LogP contribution is -1.98. The van der Waals surface area contributed by atoms with Crippen molar-refractivity contribution in [1.29, 1.82) is 0 Å². The van der Waals surface area contributed by atoms with Crippen molar-refractivity contribution in [2.45, 2.75) is 12.8 Å². The Morgan fingerprint density at radius 1 is 0.774 bits per heavy atom. The van der Waals surface area contributed by atoms with Crippen molar-refractivity contribution in [3.05, 3.63) is 95.6 Å². The Bertz CT molecular complexity index is 1740. The lowest BCUT2D eigenvalue weighted by atomic mass is 9.96. The maximum absolute atomic E-state index is 5.19. The van der Waals surface area contributed by atoms with Crippen LogP contribution < -0.4 is 0 Å². The van der Waals surface area contributed by atoms with Crippen LogP contribution in [0.4, 0.5) is 0 Å².